The summed E-state index contributed by atoms with van der Waals surface area (Å²) >= 11 is 0. The van der Waals surface area contributed by atoms with Gasteiger partial charge in [-0.3, -0.25) is 4.79 Å². The predicted molar refractivity (Wildman–Crippen MR) is 134 cm³/mol. The summed E-state index contributed by atoms with van der Waals surface area (Å²) in [6, 6.07) is 16.9. The molecule has 7 heteroatoms. The highest BCUT2D eigenvalue weighted by atomic mass is 16.5. The molecule has 0 amide bonds. The number of carbonyl (C=O) groups is 1. The number of aryl methyl sites for hydroxylation is 2. The average molecular weight is 463 g/mol. The van der Waals surface area contributed by atoms with Crippen LogP contribution in [0, 0.1) is 0 Å². The van der Waals surface area contributed by atoms with Gasteiger partial charge in [-0.2, -0.15) is 0 Å². The van der Waals surface area contributed by atoms with E-state index in [0.29, 0.717) is 34.2 Å². The number of nitrogens with two attached hydrogens (primary N) is 1. The van der Waals surface area contributed by atoms with E-state index in [1.165, 1.54) is 13.2 Å². The van der Waals surface area contributed by atoms with E-state index in [4.69, 9.17) is 24.7 Å². The SMILES string of the molecule is COc1ccc(C(=O)/C=C\Nc2cccc(CCc3cc(OC)c(OC)c(OC)c3)c2)cc1N. The molecule has 0 fully saturated rings. The van der Waals surface area contributed by atoms with Crippen LogP contribution in [0.3, 0.4) is 0 Å². The molecule has 34 heavy (non-hydrogen) atoms. The summed E-state index contributed by atoms with van der Waals surface area (Å²) in [5.74, 6) is 2.25. The molecule has 0 aliphatic carbocycles. The third kappa shape index (κ3) is 6.01. The van der Waals surface area contributed by atoms with Crippen molar-refractivity contribution in [1.29, 1.82) is 0 Å². The molecule has 0 aliphatic rings. The van der Waals surface area contributed by atoms with Crippen LogP contribution in [-0.4, -0.2) is 34.2 Å². The van der Waals surface area contributed by atoms with Crippen LogP contribution in [-0.2, 0) is 12.8 Å². The Morgan fingerprint density at radius 1 is 0.824 bits per heavy atom. The maximum Gasteiger partial charge on any atom is 0.203 e. The van der Waals surface area contributed by atoms with E-state index in [1.807, 2.05) is 24.3 Å². The lowest BCUT2D eigenvalue weighted by Crippen LogP contribution is -2.00. The van der Waals surface area contributed by atoms with Gasteiger partial charge in [0.15, 0.2) is 17.3 Å². The Kier molecular flexibility index (Phi) is 8.40. The van der Waals surface area contributed by atoms with Gasteiger partial charge < -0.3 is 30.0 Å². The second-order valence-electron chi connectivity index (χ2n) is 7.53. The monoisotopic (exact) mass is 462 g/mol. The Bertz CT molecular complexity index is 1150. The highest BCUT2D eigenvalue weighted by Gasteiger charge is 2.13. The Morgan fingerprint density at radius 3 is 2.12 bits per heavy atom. The number of nitrogen functional groups attached to an aromatic ring is 1. The summed E-state index contributed by atoms with van der Waals surface area (Å²) in [6.07, 6.45) is 4.72. The van der Waals surface area contributed by atoms with Gasteiger partial charge in [0.05, 0.1) is 34.1 Å². The fourth-order valence-corrected chi connectivity index (χ4v) is 3.58. The van der Waals surface area contributed by atoms with Crippen molar-refractivity contribution in [3.8, 4) is 23.0 Å². The molecule has 0 bridgehead atoms. The van der Waals surface area contributed by atoms with Crippen LogP contribution >= 0.6 is 0 Å². The maximum absolute atomic E-state index is 12.4. The van der Waals surface area contributed by atoms with E-state index < -0.39 is 0 Å². The largest absolute Gasteiger partial charge is 0.495 e. The van der Waals surface area contributed by atoms with Crippen LogP contribution in [0.15, 0.2) is 66.9 Å². The van der Waals surface area contributed by atoms with E-state index in [9.17, 15) is 4.79 Å². The molecular formula is C27H30N2O5. The molecule has 0 aromatic heterocycles. The predicted octanol–water partition coefficient (Wildman–Crippen LogP) is 4.90. The van der Waals surface area contributed by atoms with Gasteiger partial charge in [0.2, 0.25) is 5.75 Å². The molecule has 3 aromatic rings. The molecular weight excluding hydrogens is 432 g/mol. The van der Waals surface area contributed by atoms with Crippen molar-refractivity contribution in [3.63, 3.8) is 0 Å². The van der Waals surface area contributed by atoms with E-state index in [0.717, 1.165) is 29.7 Å². The van der Waals surface area contributed by atoms with Gasteiger partial charge in [0.1, 0.15) is 5.75 Å². The number of hydrogen-bond donors (Lipinski definition) is 2. The van der Waals surface area contributed by atoms with Crippen molar-refractivity contribution < 1.29 is 23.7 Å². The third-order valence-corrected chi connectivity index (χ3v) is 5.35. The van der Waals surface area contributed by atoms with E-state index in [2.05, 4.69) is 17.4 Å². The molecule has 0 heterocycles. The molecule has 0 radical (unpaired) electrons. The van der Waals surface area contributed by atoms with Crippen molar-refractivity contribution in [2.45, 2.75) is 12.8 Å². The van der Waals surface area contributed by atoms with Crippen LogP contribution in [0.4, 0.5) is 11.4 Å². The molecule has 7 nitrogen and oxygen atoms in total. The van der Waals surface area contributed by atoms with Gasteiger partial charge in [0.25, 0.3) is 0 Å². The second-order valence-corrected chi connectivity index (χ2v) is 7.53. The summed E-state index contributed by atoms with van der Waals surface area (Å²) < 4.78 is 21.4. The zero-order valence-electron chi connectivity index (χ0n) is 19.9. The molecule has 0 atom stereocenters. The van der Waals surface area contributed by atoms with Crippen LogP contribution < -0.4 is 30.0 Å². The van der Waals surface area contributed by atoms with Crippen LogP contribution in [0.1, 0.15) is 21.5 Å². The van der Waals surface area contributed by atoms with Gasteiger partial charge in [0, 0.05) is 23.5 Å². The number of methoxy groups -OCH3 is 4. The molecule has 3 N–H and O–H groups in total. The normalized spacial score (nSPS) is 10.7. The second kappa shape index (κ2) is 11.7. The number of rotatable bonds is 11. The Labute approximate surface area is 200 Å². The average Bonchev–Trinajstić information content (AvgIpc) is 2.86. The zero-order valence-corrected chi connectivity index (χ0v) is 19.9. The van der Waals surface area contributed by atoms with Crippen molar-refractivity contribution in [1.82, 2.24) is 0 Å². The molecule has 3 aromatic carbocycles. The number of hydrogen-bond acceptors (Lipinski definition) is 7. The quantitative estimate of drug-likeness (QED) is 0.238. The minimum absolute atomic E-state index is 0.152. The summed E-state index contributed by atoms with van der Waals surface area (Å²) in [7, 11) is 6.35. The lowest BCUT2D eigenvalue weighted by Gasteiger charge is -2.14. The topological polar surface area (TPSA) is 92.0 Å². The first-order valence-electron chi connectivity index (χ1n) is 10.8. The molecule has 3 rings (SSSR count). The first kappa shape index (κ1) is 24.5. The van der Waals surface area contributed by atoms with Crippen LogP contribution in [0.5, 0.6) is 23.0 Å². The lowest BCUT2D eigenvalue weighted by molar-refractivity contribution is 0.104. The molecule has 0 saturated carbocycles. The summed E-state index contributed by atoms with van der Waals surface area (Å²) in [4.78, 5) is 12.4. The Morgan fingerprint density at radius 2 is 1.50 bits per heavy atom. The van der Waals surface area contributed by atoms with E-state index in [1.54, 1.807) is 45.7 Å². The maximum atomic E-state index is 12.4. The van der Waals surface area contributed by atoms with Gasteiger partial charge >= 0.3 is 0 Å². The zero-order chi connectivity index (χ0) is 24.5. The lowest BCUT2D eigenvalue weighted by atomic mass is 10.0. The number of ketones is 1. The Balaban J connectivity index is 1.63. The fourth-order valence-electron chi connectivity index (χ4n) is 3.58. The summed E-state index contributed by atoms with van der Waals surface area (Å²) in [5, 5.41) is 3.16. The molecule has 0 saturated heterocycles. The Hall–Kier alpha value is -4.13. The minimum Gasteiger partial charge on any atom is -0.495 e. The van der Waals surface area contributed by atoms with Gasteiger partial charge in [-0.25, -0.2) is 0 Å². The first-order chi connectivity index (χ1) is 16.5. The number of nitrogens with one attached hydrogen (secondary N) is 1. The van der Waals surface area contributed by atoms with Crippen molar-refractivity contribution >= 4 is 17.2 Å². The van der Waals surface area contributed by atoms with Crippen molar-refractivity contribution in [3.05, 3.63) is 83.6 Å². The highest BCUT2D eigenvalue weighted by molar-refractivity contribution is 6.05. The van der Waals surface area contributed by atoms with Crippen molar-refractivity contribution in [2.75, 3.05) is 39.5 Å². The van der Waals surface area contributed by atoms with Crippen LogP contribution in [0.2, 0.25) is 0 Å². The highest BCUT2D eigenvalue weighted by Crippen LogP contribution is 2.38. The first-order valence-corrected chi connectivity index (χ1v) is 10.8. The van der Waals surface area contributed by atoms with Crippen LogP contribution in [0.25, 0.3) is 0 Å². The summed E-state index contributed by atoms with van der Waals surface area (Å²) in [6.45, 7) is 0. The third-order valence-electron chi connectivity index (χ3n) is 5.35. The van der Waals surface area contributed by atoms with Gasteiger partial charge in [-0.1, -0.05) is 12.1 Å². The van der Waals surface area contributed by atoms with E-state index in [-0.39, 0.29) is 5.78 Å². The molecule has 0 unspecified atom stereocenters. The summed E-state index contributed by atoms with van der Waals surface area (Å²) in [5.41, 5.74) is 9.93. The number of benzene rings is 3. The molecule has 0 spiro atoms. The number of allylic oxidation sites excluding steroid dienone is 1. The molecule has 178 valence electrons. The molecule has 0 aliphatic heterocycles. The fraction of sp³-hybridized carbons (Fsp3) is 0.222. The standard InChI is InChI=1S/C27H30N2O5/c1-31-24-11-10-20(17-22(24)28)23(30)12-13-29-21-7-5-6-18(14-21)8-9-19-15-25(32-2)27(34-4)26(16-19)33-3/h5-7,10-17,29H,8-9,28H2,1-4H3/b13-12-. The van der Waals surface area contributed by atoms with E-state index >= 15 is 0 Å². The number of ether oxygens (including phenoxy) is 4. The van der Waals surface area contributed by atoms with Gasteiger partial charge in [-0.15, -0.1) is 0 Å². The minimum atomic E-state index is -0.152. The number of anilines is 2. The van der Waals surface area contributed by atoms with Gasteiger partial charge in [-0.05, 0) is 66.4 Å². The number of carbonyl (C=O) groups excluding carboxylic acids is 1. The smallest absolute Gasteiger partial charge is 0.203 e. The van der Waals surface area contributed by atoms with Crippen molar-refractivity contribution in [2.24, 2.45) is 0 Å².